The third-order valence-corrected chi connectivity index (χ3v) is 4.49. The Balaban J connectivity index is 1.81. The van der Waals surface area contributed by atoms with Crippen LogP contribution in [0, 0.1) is 6.92 Å². The molecular weight excluding hydrogens is 326 g/mol. The number of aryl methyl sites for hydroxylation is 1. The summed E-state index contributed by atoms with van der Waals surface area (Å²) in [5.74, 6) is 0.606. The molecule has 3 rings (SSSR count). The minimum Gasteiger partial charge on any atom is -0.496 e. The van der Waals surface area contributed by atoms with E-state index < -0.39 is 0 Å². The van der Waals surface area contributed by atoms with Gasteiger partial charge in [-0.15, -0.1) is 0 Å². The number of rotatable bonds is 3. The van der Waals surface area contributed by atoms with Crippen molar-refractivity contribution in [2.45, 2.75) is 13.0 Å². The van der Waals surface area contributed by atoms with E-state index in [1.54, 1.807) is 13.2 Å². The second-order valence-corrected chi connectivity index (χ2v) is 6.25. The van der Waals surface area contributed by atoms with E-state index in [2.05, 4.69) is 0 Å². The molecule has 2 aromatic rings. The molecular formula is C19H20ClNO3. The first-order chi connectivity index (χ1) is 11.6. The average Bonchev–Trinajstić information content (AvgIpc) is 2.61. The van der Waals surface area contributed by atoms with Gasteiger partial charge in [0.05, 0.1) is 25.8 Å². The summed E-state index contributed by atoms with van der Waals surface area (Å²) in [7, 11) is 1.59. The monoisotopic (exact) mass is 345 g/mol. The second-order valence-electron chi connectivity index (χ2n) is 5.82. The summed E-state index contributed by atoms with van der Waals surface area (Å²) in [6.45, 7) is 3.52. The SMILES string of the molecule is COc1c(C)cccc1C(=O)N1CCO[C@@H](c2ccc(Cl)cc2)C1. The fourth-order valence-electron chi connectivity index (χ4n) is 2.98. The number of para-hydroxylation sites is 1. The minimum absolute atomic E-state index is 0.0298. The summed E-state index contributed by atoms with van der Waals surface area (Å²) in [5.41, 5.74) is 2.56. The summed E-state index contributed by atoms with van der Waals surface area (Å²) >= 11 is 5.94. The first-order valence-corrected chi connectivity index (χ1v) is 8.28. The topological polar surface area (TPSA) is 38.8 Å². The Labute approximate surface area is 146 Å². The number of ether oxygens (including phenoxy) is 2. The van der Waals surface area contributed by atoms with Gasteiger partial charge in [0.25, 0.3) is 5.91 Å². The number of halogens is 1. The summed E-state index contributed by atoms with van der Waals surface area (Å²) in [4.78, 5) is 14.8. The van der Waals surface area contributed by atoms with E-state index in [0.717, 1.165) is 11.1 Å². The first-order valence-electron chi connectivity index (χ1n) is 7.90. The number of carbonyl (C=O) groups excluding carboxylic acids is 1. The van der Waals surface area contributed by atoms with Crippen molar-refractivity contribution in [1.82, 2.24) is 4.90 Å². The van der Waals surface area contributed by atoms with Gasteiger partial charge in [0.15, 0.2) is 0 Å². The predicted molar refractivity (Wildman–Crippen MR) is 93.8 cm³/mol. The largest absolute Gasteiger partial charge is 0.496 e. The fraction of sp³-hybridized carbons (Fsp3) is 0.316. The van der Waals surface area contributed by atoms with Crippen molar-refractivity contribution in [3.05, 3.63) is 64.2 Å². The Morgan fingerprint density at radius 2 is 2.00 bits per heavy atom. The number of nitrogens with zero attached hydrogens (tertiary/aromatic N) is 1. The predicted octanol–water partition coefficient (Wildman–Crippen LogP) is 3.87. The molecule has 0 saturated carbocycles. The number of hydrogen-bond donors (Lipinski definition) is 0. The number of amides is 1. The van der Waals surface area contributed by atoms with Gasteiger partial charge in [-0.1, -0.05) is 35.9 Å². The zero-order valence-electron chi connectivity index (χ0n) is 13.8. The maximum Gasteiger partial charge on any atom is 0.257 e. The molecule has 1 saturated heterocycles. The van der Waals surface area contributed by atoms with Gasteiger partial charge in [-0.05, 0) is 36.2 Å². The zero-order chi connectivity index (χ0) is 17.1. The lowest BCUT2D eigenvalue weighted by molar-refractivity contribution is -0.0229. The molecule has 5 heteroatoms. The van der Waals surface area contributed by atoms with Gasteiger partial charge in [-0.2, -0.15) is 0 Å². The smallest absolute Gasteiger partial charge is 0.257 e. The molecule has 0 N–H and O–H groups in total. The van der Waals surface area contributed by atoms with E-state index >= 15 is 0 Å². The van der Waals surface area contributed by atoms with Gasteiger partial charge in [-0.3, -0.25) is 4.79 Å². The van der Waals surface area contributed by atoms with Gasteiger partial charge in [0, 0.05) is 11.6 Å². The Bertz CT molecular complexity index is 730. The Hall–Kier alpha value is -2.04. The van der Waals surface area contributed by atoms with Gasteiger partial charge in [-0.25, -0.2) is 0 Å². The summed E-state index contributed by atoms with van der Waals surface area (Å²) in [5, 5.41) is 0.687. The van der Waals surface area contributed by atoms with Gasteiger partial charge >= 0.3 is 0 Å². The molecule has 2 aromatic carbocycles. The Kier molecular flexibility index (Phi) is 5.07. The maximum absolute atomic E-state index is 12.9. The maximum atomic E-state index is 12.9. The van der Waals surface area contributed by atoms with Crippen molar-refractivity contribution in [2.24, 2.45) is 0 Å². The lowest BCUT2D eigenvalue weighted by Gasteiger charge is -2.33. The van der Waals surface area contributed by atoms with Gasteiger partial charge in [0.2, 0.25) is 0 Å². The molecule has 1 heterocycles. The molecule has 0 spiro atoms. The van der Waals surface area contributed by atoms with Crippen LogP contribution >= 0.6 is 11.6 Å². The van der Waals surface area contributed by atoms with E-state index in [1.165, 1.54) is 0 Å². The quantitative estimate of drug-likeness (QED) is 0.847. The molecule has 1 fully saturated rings. The van der Waals surface area contributed by atoms with Crippen molar-refractivity contribution in [2.75, 3.05) is 26.8 Å². The molecule has 24 heavy (non-hydrogen) atoms. The van der Waals surface area contributed by atoms with Crippen LogP contribution in [-0.4, -0.2) is 37.6 Å². The third-order valence-electron chi connectivity index (χ3n) is 4.24. The van der Waals surface area contributed by atoms with E-state index in [0.29, 0.717) is 36.0 Å². The van der Waals surface area contributed by atoms with Crippen LogP contribution in [0.15, 0.2) is 42.5 Å². The Morgan fingerprint density at radius 1 is 1.25 bits per heavy atom. The second kappa shape index (κ2) is 7.24. The first kappa shape index (κ1) is 16.8. The van der Waals surface area contributed by atoms with Crippen molar-refractivity contribution in [1.29, 1.82) is 0 Å². The standard InChI is InChI=1S/C19H20ClNO3/c1-13-4-3-5-16(18(13)23-2)19(22)21-10-11-24-17(12-21)14-6-8-15(20)9-7-14/h3-9,17H,10-12H2,1-2H3/t17-/m1/s1. The highest BCUT2D eigenvalue weighted by molar-refractivity contribution is 6.30. The fourth-order valence-corrected chi connectivity index (χ4v) is 3.10. The van der Waals surface area contributed by atoms with Crippen molar-refractivity contribution >= 4 is 17.5 Å². The number of morpholine rings is 1. The van der Waals surface area contributed by atoms with E-state index in [-0.39, 0.29) is 12.0 Å². The molecule has 0 bridgehead atoms. The zero-order valence-corrected chi connectivity index (χ0v) is 14.5. The highest BCUT2D eigenvalue weighted by Gasteiger charge is 2.28. The molecule has 0 aliphatic carbocycles. The number of hydrogen-bond acceptors (Lipinski definition) is 3. The van der Waals surface area contributed by atoms with Crippen LogP contribution in [0.5, 0.6) is 5.75 Å². The van der Waals surface area contributed by atoms with E-state index in [4.69, 9.17) is 21.1 Å². The van der Waals surface area contributed by atoms with Crippen LogP contribution in [0.3, 0.4) is 0 Å². The molecule has 1 aliphatic rings. The minimum atomic E-state index is -0.143. The molecule has 126 valence electrons. The number of methoxy groups -OCH3 is 1. The van der Waals surface area contributed by atoms with Gasteiger partial charge in [0.1, 0.15) is 11.9 Å². The van der Waals surface area contributed by atoms with Crippen LogP contribution in [0.25, 0.3) is 0 Å². The number of benzene rings is 2. The Morgan fingerprint density at radius 3 is 2.71 bits per heavy atom. The highest BCUT2D eigenvalue weighted by atomic mass is 35.5. The van der Waals surface area contributed by atoms with Crippen molar-refractivity contribution < 1.29 is 14.3 Å². The van der Waals surface area contributed by atoms with E-state index in [1.807, 2.05) is 48.2 Å². The number of carbonyl (C=O) groups is 1. The van der Waals surface area contributed by atoms with Crippen LogP contribution in [0.2, 0.25) is 5.02 Å². The average molecular weight is 346 g/mol. The van der Waals surface area contributed by atoms with Gasteiger partial charge < -0.3 is 14.4 Å². The van der Waals surface area contributed by atoms with Crippen LogP contribution in [-0.2, 0) is 4.74 Å². The summed E-state index contributed by atoms with van der Waals surface area (Å²) < 4.78 is 11.3. The van der Waals surface area contributed by atoms with E-state index in [9.17, 15) is 4.79 Å². The summed E-state index contributed by atoms with van der Waals surface area (Å²) in [6.07, 6.45) is -0.143. The van der Waals surface area contributed by atoms with Crippen molar-refractivity contribution in [3.8, 4) is 5.75 Å². The summed E-state index contributed by atoms with van der Waals surface area (Å²) in [6, 6.07) is 13.2. The third kappa shape index (κ3) is 3.40. The van der Waals surface area contributed by atoms with Crippen LogP contribution in [0.4, 0.5) is 0 Å². The van der Waals surface area contributed by atoms with Crippen molar-refractivity contribution in [3.63, 3.8) is 0 Å². The molecule has 1 aliphatic heterocycles. The molecule has 4 nitrogen and oxygen atoms in total. The molecule has 0 radical (unpaired) electrons. The van der Waals surface area contributed by atoms with Crippen LogP contribution < -0.4 is 4.74 Å². The normalized spacial score (nSPS) is 17.6. The molecule has 0 unspecified atom stereocenters. The highest BCUT2D eigenvalue weighted by Crippen LogP contribution is 2.28. The molecule has 1 atom stereocenters. The lowest BCUT2D eigenvalue weighted by atomic mass is 10.1. The molecule has 1 amide bonds. The lowest BCUT2D eigenvalue weighted by Crippen LogP contribution is -2.42. The molecule has 0 aromatic heterocycles. The van der Waals surface area contributed by atoms with Crippen LogP contribution in [0.1, 0.15) is 27.6 Å².